The van der Waals surface area contributed by atoms with Crippen molar-refractivity contribution in [3.63, 3.8) is 0 Å². The minimum absolute atomic E-state index is 0.0318. The molecule has 1 fully saturated rings. The highest BCUT2D eigenvalue weighted by atomic mass is 32.2. The normalized spacial score (nSPS) is 20.1. The van der Waals surface area contributed by atoms with E-state index in [2.05, 4.69) is 4.72 Å². The first-order valence-electron chi connectivity index (χ1n) is 7.04. The van der Waals surface area contributed by atoms with E-state index in [1.54, 1.807) is 20.8 Å². The monoisotopic (exact) mass is 306 g/mol. The third-order valence-corrected chi connectivity index (χ3v) is 5.44. The topological polar surface area (TPSA) is 86.7 Å². The standard InChI is InChI=1S/C13H26N2O4S/c1-13(2,3)11(12(16)17)14-20(18,19)15(4)10-8-6-5-7-9-10/h10-11,14H,5-9H2,1-4H3,(H,16,17)/t11-/m0/s1. The summed E-state index contributed by atoms with van der Waals surface area (Å²) in [5, 5.41) is 9.22. The van der Waals surface area contributed by atoms with Gasteiger partial charge in [0.05, 0.1) is 0 Å². The zero-order chi connectivity index (χ0) is 15.6. The first kappa shape index (κ1) is 17.4. The largest absolute Gasteiger partial charge is 0.480 e. The lowest BCUT2D eigenvalue weighted by atomic mass is 9.88. The molecule has 0 saturated heterocycles. The van der Waals surface area contributed by atoms with Gasteiger partial charge in [0.2, 0.25) is 0 Å². The summed E-state index contributed by atoms with van der Waals surface area (Å²) in [6.07, 6.45) is 4.85. The van der Waals surface area contributed by atoms with Gasteiger partial charge < -0.3 is 5.11 Å². The van der Waals surface area contributed by atoms with Gasteiger partial charge in [-0.05, 0) is 18.3 Å². The van der Waals surface area contributed by atoms with Crippen molar-refractivity contribution in [2.24, 2.45) is 5.41 Å². The van der Waals surface area contributed by atoms with Crippen molar-refractivity contribution in [2.75, 3.05) is 7.05 Å². The second kappa shape index (κ2) is 6.41. The number of carboxylic acid groups (broad SMARTS) is 1. The molecular formula is C13H26N2O4S. The summed E-state index contributed by atoms with van der Waals surface area (Å²) in [7, 11) is -2.26. The molecule has 1 rings (SSSR count). The van der Waals surface area contributed by atoms with Crippen LogP contribution in [-0.4, -0.2) is 42.9 Å². The van der Waals surface area contributed by atoms with E-state index in [-0.39, 0.29) is 6.04 Å². The van der Waals surface area contributed by atoms with Gasteiger partial charge in [0.1, 0.15) is 6.04 Å². The van der Waals surface area contributed by atoms with E-state index in [0.29, 0.717) is 0 Å². The second-order valence-electron chi connectivity index (χ2n) is 6.57. The molecule has 0 amide bonds. The second-order valence-corrected chi connectivity index (χ2v) is 8.33. The molecule has 1 saturated carbocycles. The van der Waals surface area contributed by atoms with Gasteiger partial charge in [-0.3, -0.25) is 4.79 Å². The number of carboxylic acids is 1. The highest BCUT2D eigenvalue weighted by Gasteiger charge is 2.37. The first-order valence-corrected chi connectivity index (χ1v) is 8.48. The van der Waals surface area contributed by atoms with Gasteiger partial charge in [-0.25, -0.2) is 0 Å². The van der Waals surface area contributed by atoms with E-state index >= 15 is 0 Å². The van der Waals surface area contributed by atoms with Crippen molar-refractivity contribution in [3.05, 3.63) is 0 Å². The van der Waals surface area contributed by atoms with Crippen molar-refractivity contribution >= 4 is 16.2 Å². The van der Waals surface area contributed by atoms with Gasteiger partial charge in [-0.2, -0.15) is 17.4 Å². The number of nitrogens with one attached hydrogen (secondary N) is 1. The lowest BCUT2D eigenvalue weighted by molar-refractivity contribution is -0.141. The Bertz CT molecular complexity index is 436. The van der Waals surface area contributed by atoms with Crippen molar-refractivity contribution in [3.8, 4) is 0 Å². The lowest BCUT2D eigenvalue weighted by Crippen LogP contribution is -2.54. The molecule has 7 heteroatoms. The summed E-state index contributed by atoms with van der Waals surface area (Å²) in [6.45, 7) is 5.11. The molecule has 1 aliphatic rings. The van der Waals surface area contributed by atoms with Crippen LogP contribution in [0.15, 0.2) is 0 Å². The molecular weight excluding hydrogens is 280 g/mol. The van der Waals surface area contributed by atoms with E-state index in [1.807, 2.05) is 0 Å². The summed E-state index contributed by atoms with van der Waals surface area (Å²) in [6, 6.07) is -1.17. The van der Waals surface area contributed by atoms with Gasteiger partial charge in [-0.15, -0.1) is 0 Å². The minimum Gasteiger partial charge on any atom is -0.480 e. The molecule has 0 bridgehead atoms. The molecule has 20 heavy (non-hydrogen) atoms. The maximum Gasteiger partial charge on any atom is 0.322 e. The van der Waals surface area contributed by atoms with Gasteiger partial charge >= 0.3 is 5.97 Å². The molecule has 0 aromatic carbocycles. The number of carbonyl (C=O) groups is 1. The molecule has 0 unspecified atom stereocenters. The maximum absolute atomic E-state index is 12.3. The van der Waals surface area contributed by atoms with Crippen molar-refractivity contribution in [2.45, 2.75) is 65.0 Å². The highest BCUT2D eigenvalue weighted by molar-refractivity contribution is 7.87. The minimum atomic E-state index is -3.78. The number of hydrogen-bond donors (Lipinski definition) is 2. The molecule has 1 aliphatic carbocycles. The van der Waals surface area contributed by atoms with E-state index in [0.717, 1.165) is 32.1 Å². The molecule has 0 aliphatic heterocycles. The average molecular weight is 306 g/mol. The summed E-state index contributed by atoms with van der Waals surface area (Å²) in [4.78, 5) is 11.3. The summed E-state index contributed by atoms with van der Waals surface area (Å²) in [5.41, 5.74) is -0.688. The van der Waals surface area contributed by atoms with E-state index in [9.17, 15) is 18.3 Å². The van der Waals surface area contributed by atoms with Crippen LogP contribution >= 0.6 is 0 Å². The molecule has 0 heterocycles. The number of aliphatic carboxylic acids is 1. The van der Waals surface area contributed by atoms with Crippen LogP contribution < -0.4 is 4.72 Å². The fourth-order valence-corrected chi connectivity index (χ4v) is 3.99. The van der Waals surface area contributed by atoms with Crippen LogP contribution in [0, 0.1) is 5.41 Å². The molecule has 0 aromatic rings. The molecule has 6 nitrogen and oxygen atoms in total. The third kappa shape index (κ3) is 4.43. The smallest absolute Gasteiger partial charge is 0.322 e. The predicted octanol–water partition coefficient (Wildman–Crippen LogP) is 1.58. The summed E-state index contributed by atoms with van der Waals surface area (Å²) in [5.74, 6) is -1.15. The third-order valence-electron chi connectivity index (χ3n) is 3.85. The Morgan fingerprint density at radius 3 is 2.15 bits per heavy atom. The Balaban J connectivity index is 2.84. The zero-order valence-electron chi connectivity index (χ0n) is 12.7. The predicted molar refractivity (Wildman–Crippen MR) is 77.6 cm³/mol. The van der Waals surface area contributed by atoms with Crippen molar-refractivity contribution in [1.82, 2.24) is 9.03 Å². The van der Waals surface area contributed by atoms with Crippen LogP contribution in [0.1, 0.15) is 52.9 Å². The van der Waals surface area contributed by atoms with Crippen LogP contribution in [0.25, 0.3) is 0 Å². The zero-order valence-corrected chi connectivity index (χ0v) is 13.5. The summed E-state index contributed by atoms with van der Waals surface area (Å²) < 4.78 is 28.3. The Labute approximate surface area is 121 Å². The fraction of sp³-hybridized carbons (Fsp3) is 0.923. The first-order chi connectivity index (χ1) is 9.05. The number of hydrogen-bond acceptors (Lipinski definition) is 3. The van der Waals surface area contributed by atoms with Gasteiger partial charge in [0, 0.05) is 13.1 Å². The number of nitrogens with zero attached hydrogens (tertiary/aromatic N) is 1. The quantitative estimate of drug-likeness (QED) is 0.807. The Kier molecular flexibility index (Phi) is 5.57. The Morgan fingerprint density at radius 1 is 1.25 bits per heavy atom. The lowest BCUT2D eigenvalue weighted by Gasteiger charge is -2.34. The van der Waals surface area contributed by atoms with Crippen LogP contribution in [0.3, 0.4) is 0 Å². The fourth-order valence-electron chi connectivity index (χ4n) is 2.47. The van der Waals surface area contributed by atoms with Crippen LogP contribution in [0.4, 0.5) is 0 Å². The SMILES string of the molecule is CN(C1CCCCC1)S(=O)(=O)N[C@@H](C(=O)O)C(C)(C)C. The van der Waals surface area contributed by atoms with Gasteiger partial charge in [0.15, 0.2) is 0 Å². The van der Waals surface area contributed by atoms with E-state index in [4.69, 9.17) is 0 Å². The highest BCUT2D eigenvalue weighted by Crippen LogP contribution is 2.25. The van der Waals surface area contributed by atoms with Crippen LogP contribution in [0.2, 0.25) is 0 Å². The Hall–Kier alpha value is -0.660. The average Bonchev–Trinajstić information content (AvgIpc) is 2.34. The Morgan fingerprint density at radius 2 is 1.75 bits per heavy atom. The van der Waals surface area contributed by atoms with Crippen molar-refractivity contribution in [1.29, 1.82) is 0 Å². The number of rotatable bonds is 5. The molecule has 0 spiro atoms. The molecule has 2 N–H and O–H groups in total. The summed E-state index contributed by atoms with van der Waals surface area (Å²) >= 11 is 0. The van der Waals surface area contributed by atoms with Gasteiger partial charge in [0.25, 0.3) is 10.2 Å². The van der Waals surface area contributed by atoms with Gasteiger partial charge in [-0.1, -0.05) is 40.0 Å². The maximum atomic E-state index is 12.3. The van der Waals surface area contributed by atoms with Crippen LogP contribution in [0.5, 0.6) is 0 Å². The van der Waals surface area contributed by atoms with Crippen molar-refractivity contribution < 1.29 is 18.3 Å². The molecule has 1 atom stereocenters. The molecule has 0 aromatic heterocycles. The van der Waals surface area contributed by atoms with Crippen LogP contribution in [-0.2, 0) is 15.0 Å². The molecule has 118 valence electrons. The molecule has 0 radical (unpaired) electrons. The van der Waals surface area contributed by atoms with E-state index < -0.39 is 27.6 Å². The van der Waals surface area contributed by atoms with E-state index in [1.165, 1.54) is 11.4 Å².